The highest BCUT2D eigenvalue weighted by molar-refractivity contribution is 7.11. The number of nitrogen functional groups attached to an aromatic ring is 1. The number of nitrogens with one attached hydrogen (secondary N) is 2. The molecule has 1 atom stereocenters. The van der Waals surface area contributed by atoms with Gasteiger partial charge < -0.3 is 10.7 Å². The van der Waals surface area contributed by atoms with Gasteiger partial charge in [-0.2, -0.15) is 0 Å². The van der Waals surface area contributed by atoms with Gasteiger partial charge in [0, 0.05) is 4.88 Å². The molecular weight excluding hydrogens is 292 g/mol. The van der Waals surface area contributed by atoms with E-state index in [9.17, 15) is 10.1 Å². The Morgan fingerprint density at radius 1 is 1.33 bits per heavy atom. The van der Waals surface area contributed by atoms with E-state index in [1.807, 2.05) is 20.8 Å². The van der Waals surface area contributed by atoms with Crippen LogP contribution in [0.1, 0.15) is 28.5 Å². The maximum atomic E-state index is 10.9. The molecule has 0 aliphatic carbocycles. The molecule has 0 aromatic carbocycles. The van der Waals surface area contributed by atoms with Crippen molar-refractivity contribution in [3.8, 4) is 0 Å². The molecule has 0 aliphatic heterocycles. The molecule has 0 bridgehead atoms. The van der Waals surface area contributed by atoms with E-state index in [-0.39, 0.29) is 17.5 Å². The molecule has 1 unspecified atom stereocenters. The van der Waals surface area contributed by atoms with Crippen LogP contribution in [0, 0.1) is 24.0 Å². The number of nitro groups is 1. The lowest BCUT2D eigenvalue weighted by molar-refractivity contribution is -0.384. The molecule has 4 N–H and O–H groups in total. The van der Waals surface area contributed by atoms with Crippen LogP contribution in [0.15, 0.2) is 12.1 Å². The minimum Gasteiger partial charge on any atom is -0.362 e. The van der Waals surface area contributed by atoms with E-state index in [0.717, 1.165) is 15.6 Å². The average Bonchev–Trinajstić information content (AvgIpc) is 2.77. The van der Waals surface area contributed by atoms with Gasteiger partial charge in [-0.15, -0.1) is 11.3 Å². The second kappa shape index (κ2) is 6.02. The van der Waals surface area contributed by atoms with Crippen LogP contribution in [0.2, 0.25) is 0 Å². The summed E-state index contributed by atoms with van der Waals surface area (Å²) in [6.07, 6.45) is 0. The van der Waals surface area contributed by atoms with Crippen molar-refractivity contribution in [2.24, 2.45) is 5.84 Å². The predicted octanol–water partition coefficient (Wildman–Crippen LogP) is 2.52. The number of rotatable bonds is 5. The van der Waals surface area contributed by atoms with Gasteiger partial charge >= 0.3 is 0 Å². The summed E-state index contributed by atoms with van der Waals surface area (Å²) >= 11 is 1.59. The molecule has 2 aromatic heterocycles. The van der Waals surface area contributed by atoms with Crippen LogP contribution in [-0.4, -0.2) is 14.9 Å². The van der Waals surface area contributed by atoms with Crippen molar-refractivity contribution in [1.82, 2.24) is 9.97 Å². The number of nitrogens with zero attached hydrogens (tertiary/aromatic N) is 3. The van der Waals surface area contributed by atoms with E-state index < -0.39 is 4.92 Å². The van der Waals surface area contributed by atoms with Crippen LogP contribution in [0.25, 0.3) is 0 Å². The van der Waals surface area contributed by atoms with Crippen LogP contribution in [0.3, 0.4) is 0 Å². The van der Waals surface area contributed by atoms with Crippen LogP contribution in [-0.2, 0) is 0 Å². The van der Waals surface area contributed by atoms with Gasteiger partial charge in [0.15, 0.2) is 0 Å². The summed E-state index contributed by atoms with van der Waals surface area (Å²) < 4.78 is 0. The first-order valence-corrected chi connectivity index (χ1v) is 7.06. The summed E-state index contributed by atoms with van der Waals surface area (Å²) in [5, 5.41) is 15.0. The highest BCUT2D eigenvalue weighted by atomic mass is 32.1. The van der Waals surface area contributed by atoms with Gasteiger partial charge in [0.25, 0.3) is 5.69 Å². The summed E-state index contributed by atoms with van der Waals surface area (Å²) in [7, 11) is 0. The Morgan fingerprint density at radius 3 is 2.52 bits per heavy atom. The molecule has 21 heavy (non-hydrogen) atoms. The zero-order valence-corrected chi connectivity index (χ0v) is 12.7. The second-order valence-electron chi connectivity index (χ2n) is 4.55. The van der Waals surface area contributed by atoms with Crippen molar-refractivity contribution in [2.45, 2.75) is 26.8 Å². The lowest BCUT2D eigenvalue weighted by atomic mass is 10.2. The van der Waals surface area contributed by atoms with Crippen molar-refractivity contribution in [2.75, 3.05) is 10.7 Å². The molecule has 0 fully saturated rings. The number of anilines is 2. The van der Waals surface area contributed by atoms with Crippen molar-refractivity contribution >= 4 is 28.7 Å². The van der Waals surface area contributed by atoms with Crippen molar-refractivity contribution < 1.29 is 4.92 Å². The number of hydrogen-bond donors (Lipinski definition) is 3. The third-order valence-electron chi connectivity index (χ3n) is 2.87. The first kappa shape index (κ1) is 15.1. The normalized spacial score (nSPS) is 12.0. The van der Waals surface area contributed by atoms with Crippen molar-refractivity contribution in [3.63, 3.8) is 0 Å². The quantitative estimate of drug-likeness (QED) is 0.441. The van der Waals surface area contributed by atoms with E-state index in [0.29, 0.717) is 5.82 Å². The highest BCUT2D eigenvalue weighted by Crippen LogP contribution is 2.28. The fourth-order valence-electron chi connectivity index (χ4n) is 2.01. The van der Waals surface area contributed by atoms with Gasteiger partial charge in [-0.3, -0.25) is 10.1 Å². The molecule has 0 aliphatic rings. The van der Waals surface area contributed by atoms with Crippen molar-refractivity contribution in [3.05, 3.63) is 37.8 Å². The van der Waals surface area contributed by atoms with Gasteiger partial charge in [0.1, 0.15) is 11.6 Å². The molecule has 112 valence electrons. The predicted molar refractivity (Wildman–Crippen MR) is 82.3 cm³/mol. The molecule has 0 radical (unpaired) electrons. The summed E-state index contributed by atoms with van der Waals surface area (Å²) in [5.74, 6) is 5.90. The van der Waals surface area contributed by atoms with E-state index in [4.69, 9.17) is 5.84 Å². The molecule has 0 saturated heterocycles. The Kier molecular flexibility index (Phi) is 4.34. The topological polar surface area (TPSA) is 119 Å². The Balaban J connectivity index is 2.28. The Labute approximate surface area is 125 Å². The maximum absolute atomic E-state index is 10.9. The van der Waals surface area contributed by atoms with E-state index in [2.05, 4.69) is 20.7 Å². The van der Waals surface area contributed by atoms with Crippen LogP contribution in [0.5, 0.6) is 0 Å². The molecule has 0 saturated carbocycles. The SMILES string of the molecule is Cc1nc(C)c(C(C)Nc2cc([N+](=O)[O-])cc(NN)n2)s1. The molecule has 9 heteroatoms. The molecule has 8 nitrogen and oxygen atoms in total. The fourth-order valence-corrected chi connectivity index (χ4v) is 2.94. The summed E-state index contributed by atoms with van der Waals surface area (Å²) in [5.41, 5.74) is 3.19. The molecule has 2 rings (SSSR count). The molecule has 2 aromatic rings. The van der Waals surface area contributed by atoms with E-state index in [1.165, 1.54) is 12.1 Å². The number of aromatic nitrogens is 2. The zero-order chi connectivity index (χ0) is 15.6. The number of hydrogen-bond acceptors (Lipinski definition) is 8. The molecule has 0 amide bonds. The Bertz CT molecular complexity index is 672. The zero-order valence-electron chi connectivity index (χ0n) is 11.9. The van der Waals surface area contributed by atoms with E-state index >= 15 is 0 Å². The number of aryl methyl sites for hydroxylation is 2. The molecule has 2 heterocycles. The first-order valence-electron chi connectivity index (χ1n) is 6.24. The Morgan fingerprint density at radius 2 is 2.00 bits per heavy atom. The largest absolute Gasteiger partial charge is 0.362 e. The summed E-state index contributed by atoms with van der Waals surface area (Å²) in [4.78, 5) is 20.0. The standard InChI is InChI=1S/C12H16N6O2S/c1-6-12(21-8(3)14-6)7(2)15-10-4-9(18(19)20)5-11(16-10)17-13/h4-5,7H,13H2,1-3H3,(H2,15,16,17). The lowest BCUT2D eigenvalue weighted by Crippen LogP contribution is -2.12. The minimum absolute atomic E-state index is 0.0590. The summed E-state index contributed by atoms with van der Waals surface area (Å²) in [6, 6.07) is 2.59. The molecular formula is C12H16N6O2S. The van der Waals surface area contributed by atoms with E-state index in [1.54, 1.807) is 11.3 Å². The van der Waals surface area contributed by atoms with Crippen molar-refractivity contribution in [1.29, 1.82) is 0 Å². The first-order chi connectivity index (χ1) is 9.90. The molecule has 0 spiro atoms. The second-order valence-corrected chi connectivity index (χ2v) is 5.78. The minimum atomic E-state index is -0.486. The fraction of sp³-hybridized carbons (Fsp3) is 0.333. The number of nitrogens with two attached hydrogens (primary N) is 1. The van der Waals surface area contributed by atoms with Crippen LogP contribution in [0.4, 0.5) is 17.3 Å². The third kappa shape index (κ3) is 3.44. The smallest absolute Gasteiger partial charge is 0.276 e. The van der Waals surface area contributed by atoms with Crippen LogP contribution >= 0.6 is 11.3 Å². The van der Waals surface area contributed by atoms with Gasteiger partial charge in [-0.05, 0) is 20.8 Å². The third-order valence-corrected chi connectivity index (χ3v) is 4.12. The van der Waals surface area contributed by atoms with Gasteiger partial charge in [-0.25, -0.2) is 15.8 Å². The highest BCUT2D eigenvalue weighted by Gasteiger charge is 2.16. The lowest BCUT2D eigenvalue weighted by Gasteiger charge is -2.14. The number of pyridine rings is 1. The monoisotopic (exact) mass is 308 g/mol. The Hall–Kier alpha value is -2.26. The van der Waals surface area contributed by atoms with Crippen LogP contribution < -0.4 is 16.6 Å². The van der Waals surface area contributed by atoms with Gasteiger partial charge in [-0.1, -0.05) is 0 Å². The maximum Gasteiger partial charge on any atom is 0.276 e. The van der Waals surface area contributed by atoms with Gasteiger partial charge in [0.2, 0.25) is 0 Å². The number of thiazole rings is 1. The number of hydrazine groups is 1. The average molecular weight is 308 g/mol. The summed E-state index contributed by atoms with van der Waals surface area (Å²) in [6.45, 7) is 5.83. The van der Waals surface area contributed by atoms with Gasteiger partial charge in [0.05, 0.1) is 33.8 Å².